The quantitative estimate of drug-likeness (QED) is 0.559. The Bertz CT molecular complexity index is 991. The minimum absolute atomic E-state index is 0.00108. The Labute approximate surface area is 165 Å². The summed E-state index contributed by atoms with van der Waals surface area (Å²) in [5.74, 6) is 0.533. The van der Waals surface area contributed by atoms with E-state index in [1.807, 2.05) is 6.92 Å². The van der Waals surface area contributed by atoms with Crippen molar-refractivity contribution in [3.63, 3.8) is 0 Å². The van der Waals surface area contributed by atoms with Gasteiger partial charge in [0, 0.05) is 25.2 Å². The van der Waals surface area contributed by atoms with Crippen molar-refractivity contribution in [2.75, 3.05) is 13.1 Å². The summed E-state index contributed by atoms with van der Waals surface area (Å²) < 4.78 is 29.7. The molecule has 0 unspecified atom stereocenters. The Hall–Kier alpha value is -2.26. The molecular formula is C19H26N4O4S. The number of aromatic nitrogens is 2. The Kier molecular flexibility index (Phi) is 5.58. The molecule has 0 aliphatic carbocycles. The van der Waals surface area contributed by atoms with E-state index in [1.54, 1.807) is 35.0 Å². The summed E-state index contributed by atoms with van der Waals surface area (Å²) in [5.41, 5.74) is 1.71. The second-order valence-corrected chi connectivity index (χ2v) is 9.43. The van der Waals surface area contributed by atoms with Crippen LogP contribution in [0.15, 0.2) is 29.2 Å². The summed E-state index contributed by atoms with van der Waals surface area (Å²) in [6.07, 6.45) is 1.71. The van der Waals surface area contributed by atoms with Crippen LogP contribution in [0.2, 0.25) is 0 Å². The summed E-state index contributed by atoms with van der Waals surface area (Å²) in [4.78, 5) is 10.9. The SMILES string of the molecule is Cc1nn([C@@H](C)c2cccc([N+](=O)[O-])c2)c(C)c1S(=O)(=O)N1CCC(C)CC1. The predicted molar refractivity (Wildman–Crippen MR) is 106 cm³/mol. The lowest BCUT2D eigenvalue weighted by molar-refractivity contribution is -0.384. The van der Waals surface area contributed by atoms with Crippen molar-refractivity contribution in [2.24, 2.45) is 5.92 Å². The molecule has 0 spiro atoms. The third-order valence-electron chi connectivity index (χ3n) is 5.53. The van der Waals surface area contributed by atoms with Gasteiger partial charge in [0.1, 0.15) is 4.90 Å². The van der Waals surface area contributed by atoms with Crippen LogP contribution < -0.4 is 0 Å². The van der Waals surface area contributed by atoms with E-state index < -0.39 is 14.9 Å². The molecule has 1 atom stereocenters. The van der Waals surface area contributed by atoms with Crippen LogP contribution in [0.1, 0.15) is 49.7 Å². The van der Waals surface area contributed by atoms with Crippen LogP contribution in [0.5, 0.6) is 0 Å². The van der Waals surface area contributed by atoms with Crippen molar-refractivity contribution in [1.29, 1.82) is 0 Å². The van der Waals surface area contributed by atoms with Crippen LogP contribution >= 0.6 is 0 Å². The van der Waals surface area contributed by atoms with Gasteiger partial charge in [0.25, 0.3) is 5.69 Å². The highest BCUT2D eigenvalue weighted by Crippen LogP contribution is 2.31. The van der Waals surface area contributed by atoms with Crippen LogP contribution in [-0.2, 0) is 10.0 Å². The number of non-ortho nitro benzene ring substituents is 1. The van der Waals surface area contributed by atoms with Crippen molar-refractivity contribution in [2.45, 2.75) is 51.5 Å². The summed E-state index contributed by atoms with van der Waals surface area (Å²) in [6, 6.07) is 6.02. The predicted octanol–water partition coefficient (Wildman–Crippen LogP) is 3.44. The summed E-state index contributed by atoms with van der Waals surface area (Å²) >= 11 is 0. The first kappa shape index (κ1) is 20.5. The number of sulfonamides is 1. The molecule has 28 heavy (non-hydrogen) atoms. The number of rotatable bonds is 5. The molecule has 2 aromatic rings. The number of piperidine rings is 1. The van der Waals surface area contributed by atoms with Crippen LogP contribution in [0, 0.1) is 29.9 Å². The van der Waals surface area contributed by atoms with E-state index in [1.165, 1.54) is 12.1 Å². The van der Waals surface area contributed by atoms with Gasteiger partial charge in [-0.3, -0.25) is 14.8 Å². The fourth-order valence-corrected chi connectivity index (χ4v) is 5.62. The van der Waals surface area contributed by atoms with E-state index >= 15 is 0 Å². The average Bonchev–Trinajstić information content (AvgIpc) is 2.96. The molecule has 8 nitrogen and oxygen atoms in total. The first-order valence-electron chi connectivity index (χ1n) is 9.43. The Morgan fingerprint density at radius 2 is 1.89 bits per heavy atom. The Morgan fingerprint density at radius 3 is 2.50 bits per heavy atom. The molecule has 1 aromatic carbocycles. The lowest BCUT2D eigenvalue weighted by Crippen LogP contribution is -2.38. The highest BCUT2D eigenvalue weighted by molar-refractivity contribution is 7.89. The average molecular weight is 407 g/mol. The maximum Gasteiger partial charge on any atom is 0.269 e. The second kappa shape index (κ2) is 7.63. The molecule has 1 aliphatic heterocycles. The van der Waals surface area contributed by atoms with Crippen LogP contribution in [0.4, 0.5) is 5.69 Å². The van der Waals surface area contributed by atoms with Gasteiger partial charge >= 0.3 is 0 Å². The fourth-order valence-electron chi connectivity index (χ4n) is 3.79. The maximum atomic E-state index is 13.2. The van der Waals surface area contributed by atoms with Gasteiger partial charge in [0.05, 0.1) is 22.4 Å². The largest absolute Gasteiger partial charge is 0.269 e. The van der Waals surface area contributed by atoms with E-state index in [4.69, 9.17) is 0 Å². The molecule has 1 aromatic heterocycles. The van der Waals surface area contributed by atoms with Gasteiger partial charge in [-0.1, -0.05) is 19.1 Å². The normalized spacial score (nSPS) is 17.6. The molecule has 1 aliphatic rings. The molecule has 0 radical (unpaired) electrons. The molecule has 2 heterocycles. The molecule has 1 saturated heterocycles. The monoisotopic (exact) mass is 406 g/mol. The first-order valence-corrected chi connectivity index (χ1v) is 10.9. The van der Waals surface area contributed by atoms with Crippen molar-refractivity contribution < 1.29 is 13.3 Å². The molecule has 9 heteroatoms. The second-order valence-electron chi connectivity index (χ2n) is 7.56. The van der Waals surface area contributed by atoms with Gasteiger partial charge in [-0.2, -0.15) is 9.40 Å². The van der Waals surface area contributed by atoms with Crippen LogP contribution in [0.25, 0.3) is 0 Å². The third-order valence-corrected chi connectivity index (χ3v) is 7.68. The van der Waals surface area contributed by atoms with Gasteiger partial charge in [-0.05, 0) is 45.1 Å². The molecule has 152 valence electrons. The topological polar surface area (TPSA) is 98.3 Å². The van der Waals surface area contributed by atoms with Crippen molar-refractivity contribution in [3.8, 4) is 0 Å². The Morgan fingerprint density at radius 1 is 1.25 bits per heavy atom. The lowest BCUT2D eigenvalue weighted by Gasteiger charge is -2.29. The molecule has 0 saturated carbocycles. The number of aryl methyl sites for hydroxylation is 1. The number of nitrogens with zero attached hydrogens (tertiary/aromatic N) is 4. The van der Waals surface area contributed by atoms with E-state index in [-0.39, 0.29) is 16.6 Å². The van der Waals surface area contributed by atoms with E-state index in [0.29, 0.717) is 36.0 Å². The number of benzene rings is 1. The Balaban J connectivity index is 1.98. The number of nitro benzene ring substituents is 1. The standard InChI is InChI=1S/C19H26N4O4S/c1-13-8-10-21(11-9-13)28(26,27)19-14(2)20-22(16(19)4)15(3)17-6-5-7-18(12-17)23(24)25/h5-7,12-13,15H,8-11H2,1-4H3/t15-/m0/s1. The molecule has 1 fully saturated rings. The lowest BCUT2D eigenvalue weighted by atomic mass is 10.0. The summed E-state index contributed by atoms with van der Waals surface area (Å²) in [7, 11) is -3.62. The van der Waals surface area contributed by atoms with Gasteiger partial charge in [0.15, 0.2) is 0 Å². The zero-order valence-electron chi connectivity index (χ0n) is 16.6. The molecule has 0 amide bonds. The maximum absolute atomic E-state index is 13.2. The molecular weight excluding hydrogens is 380 g/mol. The van der Waals surface area contributed by atoms with Gasteiger partial charge in [-0.15, -0.1) is 0 Å². The molecule has 0 bridgehead atoms. The van der Waals surface area contributed by atoms with E-state index in [0.717, 1.165) is 12.8 Å². The van der Waals surface area contributed by atoms with Crippen LogP contribution in [-0.4, -0.2) is 40.5 Å². The van der Waals surface area contributed by atoms with E-state index in [9.17, 15) is 18.5 Å². The molecule has 3 rings (SSSR count). The zero-order valence-corrected chi connectivity index (χ0v) is 17.4. The first-order chi connectivity index (χ1) is 13.1. The van der Waals surface area contributed by atoms with Crippen molar-refractivity contribution in [1.82, 2.24) is 14.1 Å². The summed E-state index contributed by atoms with van der Waals surface area (Å²) in [5, 5.41) is 15.5. The minimum Gasteiger partial charge on any atom is -0.261 e. The van der Waals surface area contributed by atoms with Crippen molar-refractivity contribution >= 4 is 15.7 Å². The highest BCUT2D eigenvalue weighted by atomic mass is 32.2. The van der Waals surface area contributed by atoms with Gasteiger partial charge in [0.2, 0.25) is 10.0 Å². The number of hydrogen-bond acceptors (Lipinski definition) is 5. The zero-order chi connectivity index (χ0) is 20.6. The van der Waals surface area contributed by atoms with E-state index in [2.05, 4.69) is 12.0 Å². The number of hydrogen-bond donors (Lipinski definition) is 0. The van der Waals surface area contributed by atoms with Gasteiger partial charge < -0.3 is 0 Å². The fraction of sp³-hybridized carbons (Fsp3) is 0.526. The van der Waals surface area contributed by atoms with Crippen molar-refractivity contribution in [3.05, 3.63) is 51.3 Å². The van der Waals surface area contributed by atoms with Crippen LogP contribution in [0.3, 0.4) is 0 Å². The summed E-state index contributed by atoms with van der Waals surface area (Å²) in [6.45, 7) is 8.48. The number of nitro groups is 1. The van der Waals surface area contributed by atoms with Gasteiger partial charge in [-0.25, -0.2) is 8.42 Å². The molecule has 0 N–H and O–H groups in total. The third kappa shape index (κ3) is 3.68. The minimum atomic E-state index is -3.62. The highest BCUT2D eigenvalue weighted by Gasteiger charge is 2.33. The smallest absolute Gasteiger partial charge is 0.261 e.